The number of rotatable bonds is 5. The number of nitrogens with one attached hydrogen (secondary N) is 2. The van der Waals surface area contributed by atoms with Gasteiger partial charge >= 0.3 is 5.76 Å². The molecule has 0 saturated heterocycles. The molecule has 2 N–H and O–H groups in total. The smallest absolute Gasteiger partial charge is 0.325 e. The number of hydrogen-bond acceptors (Lipinski definition) is 5. The second-order valence-corrected chi connectivity index (χ2v) is 5.86. The van der Waals surface area contributed by atoms with E-state index in [9.17, 15) is 14.0 Å². The standard InChI is InChI=1S/C16H12FN3O3S/c17-11-4-6-13(7-5-11)24-9-14(21)18-12-3-1-2-10(8-12)15-19-16(22)23-20-15/h1-8H,9H2,(H,18,21)(H,19,20,22). The summed E-state index contributed by atoms with van der Waals surface area (Å²) < 4.78 is 17.3. The van der Waals surface area contributed by atoms with Gasteiger partial charge in [-0.25, -0.2) is 9.18 Å². The number of carbonyl (C=O) groups is 1. The summed E-state index contributed by atoms with van der Waals surface area (Å²) in [5, 5.41) is 6.36. The Morgan fingerprint density at radius 2 is 2.04 bits per heavy atom. The van der Waals surface area contributed by atoms with E-state index in [-0.39, 0.29) is 23.3 Å². The molecule has 0 aliphatic carbocycles. The molecule has 0 aliphatic rings. The van der Waals surface area contributed by atoms with Gasteiger partial charge in [0.05, 0.1) is 5.75 Å². The Labute approximate surface area is 140 Å². The molecule has 6 nitrogen and oxygen atoms in total. The Morgan fingerprint density at radius 1 is 1.25 bits per heavy atom. The lowest BCUT2D eigenvalue weighted by Crippen LogP contribution is -2.13. The van der Waals surface area contributed by atoms with Crippen molar-refractivity contribution in [1.29, 1.82) is 0 Å². The molecule has 0 atom stereocenters. The second kappa shape index (κ2) is 7.14. The lowest BCUT2D eigenvalue weighted by molar-refractivity contribution is -0.113. The number of halogens is 1. The molecule has 0 fully saturated rings. The molecule has 3 aromatic rings. The third-order valence-electron chi connectivity index (χ3n) is 3.04. The van der Waals surface area contributed by atoms with Crippen LogP contribution < -0.4 is 11.1 Å². The Hall–Kier alpha value is -2.87. The van der Waals surface area contributed by atoms with Crippen LogP contribution >= 0.6 is 11.8 Å². The summed E-state index contributed by atoms with van der Waals surface area (Å²) in [6.45, 7) is 0. The van der Waals surface area contributed by atoms with E-state index >= 15 is 0 Å². The highest BCUT2D eigenvalue weighted by atomic mass is 32.2. The van der Waals surface area contributed by atoms with Gasteiger partial charge in [-0.3, -0.25) is 14.3 Å². The first-order valence-corrected chi connectivity index (χ1v) is 7.93. The van der Waals surface area contributed by atoms with Crippen LogP contribution in [-0.4, -0.2) is 21.8 Å². The molecule has 122 valence electrons. The molecular weight excluding hydrogens is 333 g/mol. The minimum absolute atomic E-state index is 0.191. The molecule has 1 amide bonds. The first-order valence-electron chi connectivity index (χ1n) is 6.95. The Bertz CT molecular complexity index is 905. The van der Waals surface area contributed by atoms with Gasteiger partial charge in [-0.05, 0) is 36.4 Å². The SMILES string of the molecule is O=C(CSc1ccc(F)cc1)Nc1cccc(-c2noc(=O)[nH]2)c1. The van der Waals surface area contributed by atoms with Crippen LogP contribution in [0.25, 0.3) is 11.4 Å². The Morgan fingerprint density at radius 3 is 2.75 bits per heavy atom. The van der Waals surface area contributed by atoms with Crippen LogP contribution in [0.4, 0.5) is 10.1 Å². The van der Waals surface area contributed by atoms with Crippen molar-refractivity contribution in [2.75, 3.05) is 11.1 Å². The van der Waals surface area contributed by atoms with Crippen molar-refractivity contribution >= 4 is 23.4 Å². The van der Waals surface area contributed by atoms with Crippen LogP contribution in [0.15, 0.2) is 62.7 Å². The maximum absolute atomic E-state index is 12.8. The predicted octanol–water partition coefficient (Wildman–Crippen LogP) is 2.90. The molecule has 0 saturated carbocycles. The Kier molecular flexibility index (Phi) is 4.76. The minimum Gasteiger partial charge on any atom is -0.325 e. The summed E-state index contributed by atoms with van der Waals surface area (Å²) in [7, 11) is 0. The fourth-order valence-electron chi connectivity index (χ4n) is 1.98. The summed E-state index contributed by atoms with van der Waals surface area (Å²) in [6, 6.07) is 12.8. The monoisotopic (exact) mass is 345 g/mol. The maximum Gasteiger partial charge on any atom is 0.439 e. The van der Waals surface area contributed by atoms with E-state index in [2.05, 4.69) is 20.0 Å². The fraction of sp³-hybridized carbons (Fsp3) is 0.0625. The number of anilines is 1. The topological polar surface area (TPSA) is 88.0 Å². The number of nitrogens with zero attached hydrogens (tertiary/aromatic N) is 1. The molecule has 0 radical (unpaired) electrons. The number of aromatic amines is 1. The molecule has 24 heavy (non-hydrogen) atoms. The zero-order chi connectivity index (χ0) is 16.9. The van der Waals surface area contributed by atoms with E-state index in [1.54, 1.807) is 36.4 Å². The van der Waals surface area contributed by atoms with E-state index in [4.69, 9.17) is 0 Å². The lowest BCUT2D eigenvalue weighted by atomic mass is 10.2. The zero-order valence-corrected chi connectivity index (χ0v) is 13.1. The van der Waals surface area contributed by atoms with Gasteiger partial charge in [-0.2, -0.15) is 0 Å². The number of thioether (sulfide) groups is 1. The van der Waals surface area contributed by atoms with E-state index in [0.29, 0.717) is 11.3 Å². The summed E-state index contributed by atoms with van der Waals surface area (Å²) in [5.41, 5.74) is 1.19. The molecular formula is C16H12FN3O3S. The fourth-order valence-corrected chi connectivity index (χ4v) is 2.67. The van der Waals surface area contributed by atoms with Crippen molar-refractivity contribution in [2.45, 2.75) is 4.90 Å². The molecule has 2 aromatic carbocycles. The lowest BCUT2D eigenvalue weighted by Gasteiger charge is -2.06. The maximum atomic E-state index is 12.8. The van der Waals surface area contributed by atoms with Crippen LogP contribution in [-0.2, 0) is 4.79 Å². The third kappa shape index (κ3) is 4.11. The molecule has 0 spiro atoms. The number of H-pyrrole nitrogens is 1. The van der Waals surface area contributed by atoms with Crippen molar-refractivity contribution in [3.63, 3.8) is 0 Å². The number of carbonyl (C=O) groups excluding carboxylic acids is 1. The van der Waals surface area contributed by atoms with Crippen LogP contribution in [0.5, 0.6) is 0 Å². The molecule has 8 heteroatoms. The van der Waals surface area contributed by atoms with Gasteiger partial charge in [0.25, 0.3) is 0 Å². The van der Waals surface area contributed by atoms with Gasteiger partial charge in [-0.15, -0.1) is 11.8 Å². The van der Waals surface area contributed by atoms with Crippen LogP contribution in [0.2, 0.25) is 0 Å². The third-order valence-corrected chi connectivity index (χ3v) is 4.06. The largest absolute Gasteiger partial charge is 0.439 e. The van der Waals surface area contributed by atoms with Crippen LogP contribution in [0.3, 0.4) is 0 Å². The summed E-state index contributed by atoms with van der Waals surface area (Å²) in [4.78, 5) is 26.2. The average Bonchev–Trinajstić information content (AvgIpc) is 3.01. The molecule has 1 heterocycles. The molecule has 0 unspecified atom stereocenters. The highest BCUT2D eigenvalue weighted by Gasteiger charge is 2.08. The first kappa shape index (κ1) is 16.0. The van der Waals surface area contributed by atoms with E-state index in [1.807, 2.05) is 0 Å². The summed E-state index contributed by atoms with van der Waals surface area (Å²) in [5.74, 6) is -0.676. The number of benzene rings is 2. The van der Waals surface area contributed by atoms with Crippen LogP contribution in [0, 0.1) is 5.82 Å². The Balaban J connectivity index is 1.62. The first-order chi connectivity index (χ1) is 11.6. The van der Waals surface area contributed by atoms with Gasteiger partial charge < -0.3 is 5.32 Å². The van der Waals surface area contributed by atoms with Crippen molar-refractivity contribution in [3.05, 3.63) is 64.9 Å². The number of amides is 1. The molecule has 0 bridgehead atoms. The molecule has 3 rings (SSSR count). The average molecular weight is 345 g/mol. The number of aromatic nitrogens is 2. The summed E-state index contributed by atoms with van der Waals surface area (Å²) in [6.07, 6.45) is 0. The summed E-state index contributed by atoms with van der Waals surface area (Å²) >= 11 is 1.31. The predicted molar refractivity (Wildman–Crippen MR) is 88.3 cm³/mol. The van der Waals surface area contributed by atoms with E-state index in [1.165, 1.54) is 23.9 Å². The minimum atomic E-state index is -0.643. The zero-order valence-electron chi connectivity index (χ0n) is 12.3. The molecule has 1 aromatic heterocycles. The van der Waals surface area contributed by atoms with Gasteiger partial charge in [0.15, 0.2) is 5.82 Å². The van der Waals surface area contributed by atoms with Gasteiger partial charge in [0.1, 0.15) is 5.82 Å². The van der Waals surface area contributed by atoms with Crippen molar-refractivity contribution in [1.82, 2.24) is 10.1 Å². The molecule has 0 aliphatic heterocycles. The van der Waals surface area contributed by atoms with Crippen LogP contribution in [0.1, 0.15) is 0 Å². The quantitative estimate of drug-likeness (QED) is 0.694. The van der Waals surface area contributed by atoms with Crippen molar-refractivity contribution in [3.8, 4) is 11.4 Å². The highest BCUT2D eigenvalue weighted by molar-refractivity contribution is 8.00. The van der Waals surface area contributed by atoms with Gasteiger partial charge in [-0.1, -0.05) is 17.3 Å². The second-order valence-electron chi connectivity index (χ2n) is 4.82. The van der Waals surface area contributed by atoms with Gasteiger partial charge in [0.2, 0.25) is 5.91 Å². The highest BCUT2D eigenvalue weighted by Crippen LogP contribution is 2.20. The normalized spacial score (nSPS) is 10.5. The van der Waals surface area contributed by atoms with Crippen molar-refractivity contribution in [2.24, 2.45) is 0 Å². The number of hydrogen-bond donors (Lipinski definition) is 2. The van der Waals surface area contributed by atoms with E-state index in [0.717, 1.165) is 4.90 Å². The van der Waals surface area contributed by atoms with E-state index < -0.39 is 5.76 Å². The van der Waals surface area contributed by atoms with Crippen molar-refractivity contribution < 1.29 is 13.7 Å². The van der Waals surface area contributed by atoms with Gasteiger partial charge in [0, 0.05) is 16.1 Å².